The van der Waals surface area contributed by atoms with Crippen LogP contribution < -0.4 is 5.32 Å². The highest BCUT2D eigenvalue weighted by molar-refractivity contribution is 7.90. The second-order valence-corrected chi connectivity index (χ2v) is 12.1. The average molecular weight is 572 g/mol. The summed E-state index contributed by atoms with van der Waals surface area (Å²) in [5.74, 6) is -2.50. The van der Waals surface area contributed by atoms with Crippen LogP contribution in [-0.4, -0.2) is 61.1 Å². The lowest BCUT2D eigenvalue weighted by Crippen LogP contribution is -2.48. The van der Waals surface area contributed by atoms with Crippen LogP contribution in [0.1, 0.15) is 39.7 Å². The number of ether oxygens (including phenoxy) is 1. The summed E-state index contributed by atoms with van der Waals surface area (Å²) < 4.78 is 46.0. The maximum absolute atomic E-state index is 13.8. The Balaban J connectivity index is 1.47. The number of rotatable bonds is 9. The number of nitrogens with one attached hydrogen (secondary N) is 1. The maximum Gasteiger partial charge on any atom is 0.269 e. The molecule has 0 unspecified atom stereocenters. The number of fused-ring (bicyclic) bond motifs is 1. The molecule has 2 aromatic carbocycles. The molecule has 3 aromatic rings. The minimum Gasteiger partial charge on any atom is -0.376 e. The fourth-order valence-electron chi connectivity index (χ4n) is 4.70. The van der Waals surface area contributed by atoms with Crippen LogP contribution in [-0.2, 0) is 30.9 Å². The molecular weight excluding hydrogens is 545 g/mol. The topological polar surface area (TPSA) is 113 Å². The molecule has 1 saturated heterocycles. The van der Waals surface area contributed by atoms with Crippen LogP contribution in [0.25, 0.3) is 0 Å². The minimum atomic E-state index is -4.25. The molecule has 3 amide bonds. The van der Waals surface area contributed by atoms with Crippen LogP contribution in [0.4, 0.5) is 4.39 Å². The van der Waals surface area contributed by atoms with Gasteiger partial charge in [-0.3, -0.25) is 14.4 Å². The SMILES string of the molecule is O=C(NC[C@H]1CCCO1)[C@@H](c1cccs1)N(Cc1ccc(F)cc1)C(=O)CN1C(=O)c2ccccc2S1(=O)=O. The van der Waals surface area contributed by atoms with E-state index in [-0.39, 0.29) is 29.7 Å². The van der Waals surface area contributed by atoms with Crippen molar-refractivity contribution in [2.75, 3.05) is 19.7 Å². The molecule has 2 aliphatic rings. The van der Waals surface area contributed by atoms with Crippen molar-refractivity contribution in [2.45, 2.75) is 36.4 Å². The summed E-state index contributed by atoms with van der Waals surface area (Å²) in [7, 11) is -4.25. The predicted molar refractivity (Wildman–Crippen MR) is 141 cm³/mol. The zero-order valence-corrected chi connectivity index (χ0v) is 22.4. The highest BCUT2D eigenvalue weighted by Crippen LogP contribution is 2.32. The lowest BCUT2D eigenvalue weighted by atomic mass is 10.1. The first-order valence-electron chi connectivity index (χ1n) is 12.4. The van der Waals surface area contributed by atoms with Gasteiger partial charge in [0.15, 0.2) is 0 Å². The van der Waals surface area contributed by atoms with E-state index in [2.05, 4.69) is 5.32 Å². The first kappa shape index (κ1) is 27.0. The van der Waals surface area contributed by atoms with E-state index >= 15 is 0 Å². The normalized spacial score (nSPS) is 18.5. The Bertz CT molecular complexity index is 1470. The number of carbonyl (C=O) groups is 3. The molecule has 5 rings (SSSR count). The maximum atomic E-state index is 13.8. The van der Waals surface area contributed by atoms with Crippen molar-refractivity contribution in [3.8, 4) is 0 Å². The number of amides is 3. The molecule has 9 nitrogen and oxygen atoms in total. The number of hydrogen-bond donors (Lipinski definition) is 1. The fourth-order valence-corrected chi connectivity index (χ4v) is 7.05. The smallest absolute Gasteiger partial charge is 0.269 e. The molecular formula is C27H26FN3O6S2. The Morgan fingerprint density at radius 3 is 2.56 bits per heavy atom. The van der Waals surface area contributed by atoms with Gasteiger partial charge in [-0.25, -0.2) is 17.1 Å². The van der Waals surface area contributed by atoms with Gasteiger partial charge in [-0.15, -0.1) is 11.3 Å². The zero-order valence-electron chi connectivity index (χ0n) is 20.8. The molecule has 0 bridgehead atoms. The lowest BCUT2D eigenvalue weighted by Gasteiger charge is -2.32. The van der Waals surface area contributed by atoms with Crippen LogP contribution in [0.15, 0.2) is 70.9 Å². The zero-order chi connectivity index (χ0) is 27.6. The monoisotopic (exact) mass is 571 g/mol. The molecule has 1 N–H and O–H groups in total. The van der Waals surface area contributed by atoms with Gasteiger partial charge in [-0.05, 0) is 54.1 Å². The number of nitrogens with zero attached hydrogens (tertiary/aromatic N) is 2. The van der Waals surface area contributed by atoms with Gasteiger partial charge in [0.25, 0.3) is 15.9 Å². The Labute approximate surface area is 229 Å². The van der Waals surface area contributed by atoms with Crippen LogP contribution in [0.5, 0.6) is 0 Å². The number of carbonyl (C=O) groups excluding carboxylic acids is 3. The van der Waals surface area contributed by atoms with Gasteiger partial charge in [-0.2, -0.15) is 0 Å². The fraction of sp³-hybridized carbons (Fsp3) is 0.296. The number of thiophene rings is 1. The lowest BCUT2D eigenvalue weighted by molar-refractivity contribution is -0.141. The van der Waals surface area contributed by atoms with E-state index in [9.17, 15) is 27.2 Å². The van der Waals surface area contributed by atoms with E-state index in [1.807, 2.05) is 0 Å². The van der Waals surface area contributed by atoms with Gasteiger partial charge in [0.2, 0.25) is 11.8 Å². The van der Waals surface area contributed by atoms with Crippen molar-refractivity contribution in [1.82, 2.24) is 14.5 Å². The van der Waals surface area contributed by atoms with Crippen LogP contribution >= 0.6 is 11.3 Å². The highest BCUT2D eigenvalue weighted by atomic mass is 32.2. The average Bonchev–Trinajstić information content (AvgIpc) is 3.68. The quantitative estimate of drug-likeness (QED) is 0.423. The van der Waals surface area contributed by atoms with Crippen LogP contribution in [0, 0.1) is 5.82 Å². The van der Waals surface area contributed by atoms with Crippen molar-refractivity contribution in [3.63, 3.8) is 0 Å². The van der Waals surface area contributed by atoms with Gasteiger partial charge in [-0.1, -0.05) is 30.3 Å². The second-order valence-electron chi connectivity index (χ2n) is 9.26. The molecule has 2 atom stereocenters. The number of halogens is 1. The summed E-state index contributed by atoms with van der Waals surface area (Å²) in [6.45, 7) is -0.0413. The molecule has 39 heavy (non-hydrogen) atoms. The van der Waals surface area contributed by atoms with Crippen molar-refractivity contribution in [1.29, 1.82) is 0 Å². The summed E-state index contributed by atoms with van der Waals surface area (Å²) in [6.07, 6.45) is 1.56. The standard InChI is InChI=1S/C27H26FN3O6S2/c28-19-11-9-18(10-12-19)16-30(24(32)17-31-27(34)21-6-1-2-8-23(21)39(31,35)36)25(22-7-4-14-38-22)26(33)29-15-20-5-3-13-37-20/h1-2,4,6-12,14,20,25H,3,5,13,15-17H2,(H,29,33)/t20-,25-/m1/s1. The summed E-state index contributed by atoms with van der Waals surface area (Å²) in [5, 5.41) is 4.63. The Kier molecular flexibility index (Phi) is 7.78. The van der Waals surface area contributed by atoms with Gasteiger partial charge in [0, 0.05) is 24.6 Å². The molecule has 0 spiro atoms. The summed E-state index contributed by atoms with van der Waals surface area (Å²) in [5.41, 5.74) is 0.511. The van der Waals surface area contributed by atoms with Crippen molar-refractivity contribution in [2.24, 2.45) is 0 Å². The minimum absolute atomic E-state index is 0.0144. The molecule has 12 heteroatoms. The summed E-state index contributed by atoms with van der Waals surface area (Å²) in [4.78, 5) is 42.0. The van der Waals surface area contributed by atoms with Gasteiger partial charge < -0.3 is 15.0 Å². The first-order valence-corrected chi connectivity index (χ1v) is 14.7. The molecule has 3 heterocycles. The third-order valence-corrected chi connectivity index (χ3v) is 9.39. The number of sulfonamides is 1. The van der Waals surface area contributed by atoms with E-state index in [0.29, 0.717) is 21.4 Å². The molecule has 0 radical (unpaired) electrons. The van der Waals surface area contributed by atoms with Gasteiger partial charge in [0.05, 0.1) is 11.7 Å². The van der Waals surface area contributed by atoms with Gasteiger partial charge >= 0.3 is 0 Å². The molecule has 1 aromatic heterocycles. The summed E-state index contributed by atoms with van der Waals surface area (Å²) in [6, 6.07) is 13.5. The van der Waals surface area contributed by atoms with E-state index < -0.39 is 46.1 Å². The highest BCUT2D eigenvalue weighted by Gasteiger charge is 2.43. The third-order valence-electron chi connectivity index (χ3n) is 6.68. The molecule has 204 valence electrons. The van der Waals surface area contributed by atoms with E-state index in [1.54, 1.807) is 23.6 Å². The van der Waals surface area contributed by atoms with Crippen molar-refractivity contribution >= 4 is 39.1 Å². The first-order chi connectivity index (χ1) is 18.8. The second kappa shape index (κ2) is 11.2. The number of hydrogen-bond acceptors (Lipinski definition) is 7. The Morgan fingerprint density at radius 2 is 1.90 bits per heavy atom. The molecule has 0 aliphatic carbocycles. The molecule has 2 aliphatic heterocycles. The molecule has 1 fully saturated rings. The summed E-state index contributed by atoms with van der Waals surface area (Å²) >= 11 is 1.26. The van der Waals surface area contributed by atoms with Crippen LogP contribution in [0.2, 0.25) is 0 Å². The third kappa shape index (κ3) is 5.58. The van der Waals surface area contributed by atoms with Crippen molar-refractivity contribution < 1.29 is 31.9 Å². The Hall–Kier alpha value is -3.61. The van der Waals surface area contributed by atoms with Crippen LogP contribution in [0.3, 0.4) is 0 Å². The Morgan fingerprint density at radius 1 is 1.13 bits per heavy atom. The van der Waals surface area contributed by atoms with E-state index in [1.165, 1.54) is 58.7 Å². The van der Waals surface area contributed by atoms with E-state index in [4.69, 9.17) is 4.74 Å². The molecule has 0 saturated carbocycles. The number of benzene rings is 2. The van der Waals surface area contributed by atoms with Crippen molar-refractivity contribution in [3.05, 3.63) is 87.9 Å². The predicted octanol–water partition coefficient (Wildman–Crippen LogP) is 3.10. The van der Waals surface area contributed by atoms with E-state index in [0.717, 1.165) is 12.8 Å². The largest absolute Gasteiger partial charge is 0.376 e. The van der Waals surface area contributed by atoms with Gasteiger partial charge in [0.1, 0.15) is 23.3 Å².